The molecule has 7 heteroatoms. The summed E-state index contributed by atoms with van der Waals surface area (Å²) >= 11 is 6.20. The zero-order chi connectivity index (χ0) is 19.6. The van der Waals surface area contributed by atoms with E-state index < -0.39 is 10.0 Å². The number of hydrogen-bond acceptors (Lipinski definition) is 3. The van der Waals surface area contributed by atoms with Crippen molar-refractivity contribution in [2.45, 2.75) is 38.1 Å². The van der Waals surface area contributed by atoms with E-state index in [9.17, 15) is 13.2 Å². The highest BCUT2D eigenvalue weighted by Crippen LogP contribution is 2.31. The SMILES string of the molecule is CCN(Cc1ccccc1Cl)S(=O)(=O)c1ccc2c(c1)CCCN2C(C)=O. The van der Waals surface area contributed by atoms with Crippen molar-refractivity contribution < 1.29 is 13.2 Å². The molecule has 144 valence electrons. The average molecular weight is 407 g/mol. The lowest BCUT2D eigenvalue weighted by molar-refractivity contribution is -0.116. The molecule has 0 bridgehead atoms. The molecule has 5 nitrogen and oxygen atoms in total. The van der Waals surface area contributed by atoms with Gasteiger partial charge in [-0.3, -0.25) is 4.79 Å². The Kier molecular flexibility index (Phi) is 5.89. The van der Waals surface area contributed by atoms with Crippen LogP contribution in [0.1, 0.15) is 31.4 Å². The molecule has 1 aliphatic heterocycles. The maximum atomic E-state index is 13.2. The minimum atomic E-state index is -3.67. The van der Waals surface area contributed by atoms with Crippen LogP contribution in [0.5, 0.6) is 0 Å². The van der Waals surface area contributed by atoms with Gasteiger partial charge in [0.25, 0.3) is 0 Å². The molecule has 27 heavy (non-hydrogen) atoms. The highest BCUT2D eigenvalue weighted by molar-refractivity contribution is 7.89. The number of benzene rings is 2. The molecular formula is C20H23ClN2O3S. The summed E-state index contributed by atoms with van der Waals surface area (Å²) in [5, 5.41) is 0.550. The van der Waals surface area contributed by atoms with Crippen LogP contribution in [0.25, 0.3) is 0 Å². The summed E-state index contributed by atoms with van der Waals surface area (Å²) in [6.45, 7) is 4.56. The second kappa shape index (κ2) is 8.00. The predicted octanol–water partition coefficient (Wildman–Crippen LogP) is 3.85. The minimum absolute atomic E-state index is 0.0274. The van der Waals surface area contributed by atoms with Crippen molar-refractivity contribution in [2.24, 2.45) is 0 Å². The molecule has 1 aliphatic rings. The zero-order valence-electron chi connectivity index (χ0n) is 15.5. The van der Waals surface area contributed by atoms with E-state index in [4.69, 9.17) is 11.6 Å². The second-order valence-corrected chi connectivity index (χ2v) is 8.93. The Bertz CT molecular complexity index is 959. The molecule has 1 heterocycles. The molecule has 0 aromatic heterocycles. The Morgan fingerprint density at radius 2 is 1.96 bits per heavy atom. The van der Waals surface area contributed by atoms with E-state index in [0.717, 1.165) is 29.7 Å². The molecule has 0 saturated carbocycles. The third-order valence-corrected chi connectivity index (χ3v) is 7.13. The Labute approximate surface area is 165 Å². The van der Waals surface area contributed by atoms with Gasteiger partial charge in [0.15, 0.2) is 0 Å². The van der Waals surface area contributed by atoms with Crippen molar-refractivity contribution in [2.75, 3.05) is 18.0 Å². The van der Waals surface area contributed by atoms with Gasteiger partial charge in [-0.25, -0.2) is 8.42 Å². The van der Waals surface area contributed by atoms with Gasteiger partial charge in [-0.2, -0.15) is 4.31 Å². The fourth-order valence-corrected chi connectivity index (χ4v) is 5.07. The first-order chi connectivity index (χ1) is 12.8. The van der Waals surface area contributed by atoms with Gasteiger partial charge >= 0.3 is 0 Å². The minimum Gasteiger partial charge on any atom is -0.312 e. The fraction of sp³-hybridized carbons (Fsp3) is 0.350. The smallest absolute Gasteiger partial charge is 0.243 e. The Morgan fingerprint density at radius 1 is 1.22 bits per heavy atom. The third-order valence-electron chi connectivity index (χ3n) is 4.84. The molecule has 1 amide bonds. The van der Waals surface area contributed by atoms with Gasteiger partial charge in [0, 0.05) is 37.3 Å². The quantitative estimate of drug-likeness (QED) is 0.757. The van der Waals surface area contributed by atoms with Crippen molar-refractivity contribution in [3.05, 3.63) is 58.6 Å². The van der Waals surface area contributed by atoms with Crippen LogP contribution in [0.3, 0.4) is 0 Å². The fourth-order valence-electron chi connectivity index (χ4n) is 3.39. The number of carbonyl (C=O) groups is 1. The van der Waals surface area contributed by atoms with Crippen LogP contribution in [-0.4, -0.2) is 31.7 Å². The molecule has 0 fully saturated rings. The second-order valence-electron chi connectivity index (χ2n) is 6.59. The average Bonchev–Trinajstić information content (AvgIpc) is 2.66. The van der Waals surface area contributed by atoms with Gasteiger partial charge in [-0.15, -0.1) is 0 Å². The van der Waals surface area contributed by atoms with Gasteiger partial charge in [-0.1, -0.05) is 36.7 Å². The highest BCUT2D eigenvalue weighted by Gasteiger charge is 2.27. The number of halogens is 1. The van der Waals surface area contributed by atoms with E-state index in [1.807, 2.05) is 25.1 Å². The lowest BCUT2D eigenvalue weighted by Gasteiger charge is -2.29. The third kappa shape index (κ3) is 4.03. The number of aryl methyl sites for hydroxylation is 1. The maximum absolute atomic E-state index is 13.2. The first-order valence-electron chi connectivity index (χ1n) is 8.99. The normalized spacial score (nSPS) is 14.3. The summed E-state index contributed by atoms with van der Waals surface area (Å²) in [5.74, 6) is -0.0274. The zero-order valence-corrected chi connectivity index (χ0v) is 17.1. The summed E-state index contributed by atoms with van der Waals surface area (Å²) < 4.78 is 27.8. The summed E-state index contributed by atoms with van der Waals surface area (Å²) in [7, 11) is -3.67. The van der Waals surface area contributed by atoms with Crippen LogP contribution in [0.2, 0.25) is 5.02 Å². The van der Waals surface area contributed by atoms with E-state index >= 15 is 0 Å². The number of hydrogen-bond donors (Lipinski definition) is 0. The summed E-state index contributed by atoms with van der Waals surface area (Å²) in [5.41, 5.74) is 2.47. The van der Waals surface area contributed by atoms with Crippen molar-refractivity contribution >= 4 is 33.2 Å². The summed E-state index contributed by atoms with van der Waals surface area (Å²) in [6.07, 6.45) is 1.59. The molecule has 0 unspecified atom stereocenters. The van der Waals surface area contributed by atoms with Crippen LogP contribution in [0, 0.1) is 0 Å². The van der Waals surface area contributed by atoms with E-state index in [1.165, 1.54) is 11.2 Å². The predicted molar refractivity (Wildman–Crippen MR) is 108 cm³/mol. The molecule has 2 aromatic rings. The van der Waals surface area contributed by atoms with E-state index in [1.54, 1.807) is 29.2 Å². The first-order valence-corrected chi connectivity index (χ1v) is 10.8. The number of fused-ring (bicyclic) bond motifs is 1. The van der Waals surface area contributed by atoms with Crippen LogP contribution in [0.15, 0.2) is 47.4 Å². The standard InChI is InChI=1S/C20H23ClN2O3S/c1-3-22(14-17-7-4-5-9-19(17)21)27(25,26)18-10-11-20-16(13-18)8-6-12-23(20)15(2)24/h4-5,7,9-11,13H,3,6,8,12,14H2,1-2H3. The summed E-state index contributed by atoms with van der Waals surface area (Å²) in [6, 6.07) is 12.3. The lowest BCUT2D eigenvalue weighted by Crippen LogP contribution is -2.34. The first kappa shape index (κ1) is 19.9. The molecular weight excluding hydrogens is 384 g/mol. The number of sulfonamides is 1. The van der Waals surface area contributed by atoms with Crippen molar-refractivity contribution in [3.63, 3.8) is 0 Å². The monoisotopic (exact) mass is 406 g/mol. The largest absolute Gasteiger partial charge is 0.312 e. The van der Waals surface area contributed by atoms with Gasteiger partial charge in [-0.05, 0) is 48.2 Å². The van der Waals surface area contributed by atoms with E-state index in [-0.39, 0.29) is 17.3 Å². The van der Waals surface area contributed by atoms with Crippen molar-refractivity contribution in [1.29, 1.82) is 0 Å². The number of anilines is 1. The number of nitrogens with zero attached hydrogens (tertiary/aromatic N) is 2. The number of amides is 1. The topological polar surface area (TPSA) is 57.7 Å². The molecule has 0 aliphatic carbocycles. The van der Waals surface area contributed by atoms with Gasteiger partial charge in [0.2, 0.25) is 15.9 Å². The van der Waals surface area contributed by atoms with Crippen molar-refractivity contribution in [1.82, 2.24) is 4.31 Å². The van der Waals surface area contributed by atoms with Crippen LogP contribution < -0.4 is 4.90 Å². The maximum Gasteiger partial charge on any atom is 0.243 e. The molecule has 0 atom stereocenters. The molecule has 3 rings (SSSR count). The Morgan fingerprint density at radius 3 is 2.63 bits per heavy atom. The van der Waals surface area contributed by atoms with Crippen LogP contribution >= 0.6 is 11.6 Å². The number of carbonyl (C=O) groups excluding carboxylic acids is 1. The van der Waals surface area contributed by atoms with E-state index in [2.05, 4.69) is 0 Å². The van der Waals surface area contributed by atoms with Gasteiger partial charge in [0.05, 0.1) is 4.90 Å². The molecule has 0 saturated heterocycles. The molecule has 0 spiro atoms. The molecule has 0 radical (unpaired) electrons. The van der Waals surface area contributed by atoms with Gasteiger partial charge in [0.1, 0.15) is 0 Å². The van der Waals surface area contributed by atoms with Crippen molar-refractivity contribution in [3.8, 4) is 0 Å². The molecule has 0 N–H and O–H groups in total. The highest BCUT2D eigenvalue weighted by atomic mass is 35.5. The Hall–Kier alpha value is -1.89. The van der Waals surface area contributed by atoms with Crippen LogP contribution in [-0.2, 0) is 27.8 Å². The Balaban J connectivity index is 1.94. The number of rotatable bonds is 5. The van der Waals surface area contributed by atoms with Crippen LogP contribution in [0.4, 0.5) is 5.69 Å². The van der Waals surface area contributed by atoms with E-state index in [0.29, 0.717) is 18.1 Å². The summed E-state index contributed by atoms with van der Waals surface area (Å²) in [4.78, 5) is 13.8. The van der Waals surface area contributed by atoms with Gasteiger partial charge < -0.3 is 4.90 Å². The molecule has 2 aromatic carbocycles. The lowest BCUT2D eigenvalue weighted by atomic mass is 10.0.